The topological polar surface area (TPSA) is 46.1 Å². The first-order valence-corrected chi connectivity index (χ1v) is 12.0. The molecule has 2 saturated heterocycles. The minimum absolute atomic E-state index is 0. The van der Waals surface area contributed by atoms with Crippen LogP contribution in [-0.4, -0.2) is 92.7 Å². The minimum Gasteiger partial charge on any atom is -0.356 e. The lowest BCUT2D eigenvalue weighted by atomic mass is 10.2. The molecule has 2 N–H and O–H groups in total. The summed E-state index contributed by atoms with van der Waals surface area (Å²) in [6.45, 7) is 13.7. The molecule has 1 aromatic carbocycles. The number of unbranched alkanes of at least 4 members (excludes halogenated alkanes) is 1. The summed E-state index contributed by atoms with van der Waals surface area (Å²) in [4.78, 5) is 12.2. The van der Waals surface area contributed by atoms with E-state index in [2.05, 4.69) is 67.6 Å². The van der Waals surface area contributed by atoms with E-state index in [-0.39, 0.29) is 24.0 Å². The lowest BCUT2D eigenvalue weighted by Gasteiger charge is -2.34. The molecule has 3 rings (SSSR count). The summed E-state index contributed by atoms with van der Waals surface area (Å²) in [7, 11) is 1.87. The van der Waals surface area contributed by atoms with Crippen LogP contribution in [0.15, 0.2) is 35.3 Å². The fraction of sp³-hybridized carbons (Fsp3) is 0.708. The van der Waals surface area contributed by atoms with E-state index in [0.717, 1.165) is 32.1 Å². The molecule has 0 radical (unpaired) electrons. The van der Waals surface area contributed by atoms with Crippen LogP contribution in [0.3, 0.4) is 0 Å². The molecule has 0 amide bonds. The Morgan fingerprint density at radius 1 is 1.00 bits per heavy atom. The molecule has 2 aliphatic heterocycles. The number of hydrogen-bond donors (Lipinski definition) is 2. The van der Waals surface area contributed by atoms with Gasteiger partial charge in [0.2, 0.25) is 0 Å². The smallest absolute Gasteiger partial charge is 0.191 e. The number of halogens is 1. The number of benzene rings is 1. The van der Waals surface area contributed by atoms with Crippen molar-refractivity contribution in [1.82, 2.24) is 25.3 Å². The number of piperazine rings is 1. The fourth-order valence-corrected chi connectivity index (χ4v) is 4.66. The van der Waals surface area contributed by atoms with Crippen LogP contribution < -0.4 is 10.6 Å². The van der Waals surface area contributed by atoms with Crippen LogP contribution in [0.5, 0.6) is 0 Å². The normalized spacial score (nSPS) is 21.1. The van der Waals surface area contributed by atoms with Crippen molar-refractivity contribution in [2.75, 3.05) is 66.0 Å². The molecule has 31 heavy (non-hydrogen) atoms. The highest BCUT2D eigenvalue weighted by molar-refractivity contribution is 14.0. The number of hydrogen-bond acceptors (Lipinski definition) is 4. The van der Waals surface area contributed by atoms with E-state index in [0.29, 0.717) is 6.04 Å². The third-order valence-electron chi connectivity index (χ3n) is 6.54. The Bertz CT molecular complexity index is 618. The lowest BCUT2D eigenvalue weighted by Crippen LogP contribution is -2.46. The van der Waals surface area contributed by atoms with Gasteiger partial charge < -0.3 is 15.5 Å². The van der Waals surface area contributed by atoms with E-state index in [1.807, 2.05) is 7.05 Å². The van der Waals surface area contributed by atoms with Crippen molar-refractivity contribution < 1.29 is 0 Å². The van der Waals surface area contributed by atoms with E-state index in [4.69, 9.17) is 0 Å². The minimum atomic E-state index is 0. The van der Waals surface area contributed by atoms with E-state index in [1.165, 1.54) is 70.5 Å². The van der Waals surface area contributed by atoms with Crippen molar-refractivity contribution in [1.29, 1.82) is 0 Å². The molecule has 0 aliphatic carbocycles. The molecule has 1 unspecified atom stereocenters. The third kappa shape index (κ3) is 9.24. The van der Waals surface area contributed by atoms with Gasteiger partial charge in [-0.1, -0.05) is 37.3 Å². The van der Waals surface area contributed by atoms with Crippen LogP contribution in [-0.2, 0) is 6.54 Å². The maximum atomic E-state index is 4.39. The quantitative estimate of drug-likeness (QED) is 0.206. The van der Waals surface area contributed by atoms with Gasteiger partial charge in [0.15, 0.2) is 5.96 Å². The lowest BCUT2D eigenvalue weighted by molar-refractivity contribution is 0.126. The first kappa shape index (κ1) is 26.4. The highest BCUT2D eigenvalue weighted by Gasteiger charge is 2.22. The van der Waals surface area contributed by atoms with Gasteiger partial charge in [0.25, 0.3) is 0 Å². The molecule has 0 bridgehead atoms. The maximum absolute atomic E-state index is 4.39. The Morgan fingerprint density at radius 2 is 1.74 bits per heavy atom. The molecule has 2 heterocycles. The fourth-order valence-electron chi connectivity index (χ4n) is 4.66. The molecule has 7 heteroatoms. The first-order chi connectivity index (χ1) is 14.8. The molecule has 176 valence electrons. The summed E-state index contributed by atoms with van der Waals surface area (Å²) in [5.74, 6) is 0.951. The summed E-state index contributed by atoms with van der Waals surface area (Å²) >= 11 is 0. The second kappa shape index (κ2) is 15.0. The number of guanidine groups is 1. The highest BCUT2D eigenvalue weighted by atomic mass is 127. The van der Waals surface area contributed by atoms with Gasteiger partial charge in [0, 0.05) is 58.9 Å². The molecule has 2 aliphatic rings. The van der Waals surface area contributed by atoms with Gasteiger partial charge in [-0.25, -0.2) is 0 Å². The first-order valence-electron chi connectivity index (χ1n) is 12.0. The summed E-state index contributed by atoms with van der Waals surface area (Å²) in [6.07, 6.45) is 5.06. The van der Waals surface area contributed by atoms with Crippen LogP contribution >= 0.6 is 24.0 Å². The molecule has 0 saturated carbocycles. The Morgan fingerprint density at radius 3 is 2.45 bits per heavy atom. The van der Waals surface area contributed by atoms with Gasteiger partial charge in [-0.15, -0.1) is 24.0 Å². The molecule has 1 aromatic rings. The Hall–Kier alpha value is -0.900. The van der Waals surface area contributed by atoms with Crippen LogP contribution in [0.25, 0.3) is 0 Å². The molecule has 0 aromatic heterocycles. The Kier molecular flexibility index (Phi) is 12.8. The van der Waals surface area contributed by atoms with Crippen molar-refractivity contribution in [3.8, 4) is 0 Å². The number of nitrogens with one attached hydrogen (secondary N) is 2. The second-order valence-corrected chi connectivity index (χ2v) is 8.62. The average molecular weight is 543 g/mol. The molecule has 0 spiro atoms. The molecule has 1 atom stereocenters. The molecule has 2 fully saturated rings. The second-order valence-electron chi connectivity index (χ2n) is 8.62. The highest BCUT2D eigenvalue weighted by Crippen LogP contribution is 2.15. The van der Waals surface area contributed by atoms with Crippen molar-refractivity contribution in [2.45, 2.75) is 45.2 Å². The van der Waals surface area contributed by atoms with Crippen molar-refractivity contribution in [3.05, 3.63) is 35.9 Å². The van der Waals surface area contributed by atoms with Gasteiger partial charge in [0.05, 0.1) is 0 Å². The van der Waals surface area contributed by atoms with Crippen LogP contribution in [0.1, 0.15) is 38.2 Å². The van der Waals surface area contributed by atoms with Gasteiger partial charge in [-0.3, -0.25) is 14.8 Å². The third-order valence-corrected chi connectivity index (χ3v) is 6.54. The average Bonchev–Trinajstić information content (AvgIpc) is 3.25. The van der Waals surface area contributed by atoms with E-state index in [1.54, 1.807) is 0 Å². The van der Waals surface area contributed by atoms with Gasteiger partial charge >= 0.3 is 0 Å². The number of aliphatic imine (C=N–C) groups is 1. The zero-order chi connectivity index (χ0) is 21.0. The van der Waals surface area contributed by atoms with Gasteiger partial charge in [0.1, 0.15) is 0 Å². The summed E-state index contributed by atoms with van der Waals surface area (Å²) < 4.78 is 0. The molecule has 6 nitrogen and oxygen atoms in total. The predicted molar refractivity (Wildman–Crippen MR) is 142 cm³/mol. The van der Waals surface area contributed by atoms with Crippen LogP contribution in [0, 0.1) is 0 Å². The van der Waals surface area contributed by atoms with Gasteiger partial charge in [-0.2, -0.15) is 0 Å². The number of rotatable bonds is 10. The van der Waals surface area contributed by atoms with Gasteiger partial charge in [-0.05, 0) is 50.9 Å². The summed E-state index contributed by atoms with van der Waals surface area (Å²) in [5, 5.41) is 7.01. The summed E-state index contributed by atoms with van der Waals surface area (Å²) in [6, 6.07) is 11.5. The van der Waals surface area contributed by atoms with Crippen molar-refractivity contribution in [3.63, 3.8) is 0 Å². The monoisotopic (exact) mass is 542 g/mol. The predicted octanol–water partition coefficient (Wildman–Crippen LogP) is 2.85. The van der Waals surface area contributed by atoms with E-state index >= 15 is 0 Å². The zero-order valence-electron chi connectivity index (χ0n) is 19.6. The van der Waals surface area contributed by atoms with E-state index in [9.17, 15) is 0 Å². The van der Waals surface area contributed by atoms with Crippen LogP contribution in [0.2, 0.25) is 0 Å². The standard InChI is InChI=1S/C24H42N6.HI/c1-3-30-15-9-12-23(30)20-27-24(25-2)26-13-7-8-14-28-16-18-29(19-17-28)21-22-10-5-4-6-11-22;/h4-6,10-11,23H,3,7-9,12-21H2,1-2H3,(H2,25,26,27);1H. The van der Waals surface area contributed by atoms with Crippen molar-refractivity contribution in [2.24, 2.45) is 4.99 Å². The Balaban J connectivity index is 0.00000341. The molecular weight excluding hydrogens is 499 g/mol. The SMILES string of the molecule is CCN1CCCC1CNC(=NC)NCCCCN1CCN(Cc2ccccc2)CC1.I. The number of likely N-dealkylation sites (tertiary alicyclic amines) is 1. The Labute approximate surface area is 206 Å². The van der Waals surface area contributed by atoms with Crippen LogP contribution in [0.4, 0.5) is 0 Å². The van der Waals surface area contributed by atoms with E-state index < -0.39 is 0 Å². The number of nitrogens with zero attached hydrogens (tertiary/aromatic N) is 4. The largest absolute Gasteiger partial charge is 0.356 e. The zero-order valence-corrected chi connectivity index (χ0v) is 21.9. The summed E-state index contributed by atoms with van der Waals surface area (Å²) in [5.41, 5.74) is 1.43. The number of likely N-dealkylation sites (N-methyl/N-ethyl adjacent to an activating group) is 1. The maximum Gasteiger partial charge on any atom is 0.191 e. The van der Waals surface area contributed by atoms with Crippen molar-refractivity contribution >= 4 is 29.9 Å². The molecular formula is C24H43IN6.